The number of hydrogen-bond donors (Lipinski definition) is 0. The van der Waals surface area contributed by atoms with Crippen molar-refractivity contribution in [2.75, 3.05) is 52.4 Å². The highest BCUT2D eigenvalue weighted by atomic mass is 32.2. The van der Waals surface area contributed by atoms with Crippen molar-refractivity contribution in [2.24, 2.45) is 0 Å². The molecule has 2 amide bonds. The second kappa shape index (κ2) is 9.26. The number of hydrogen-bond acceptors (Lipinski definition) is 5. The zero-order chi connectivity index (χ0) is 22.8. The summed E-state index contributed by atoms with van der Waals surface area (Å²) in [6, 6.07) is 6.24. The summed E-state index contributed by atoms with van der Waals surface area (Å²) < 4.78 is 27.3. The monoisotopic (exact) mass is 450 g/mol. The van der Waals surface area contributed by atoms with Gasteiger partial charge in [0.25, 0.3) is 5.91 Å². The number of carbonyl (C=O) groups excluding carboxylic acids is 2. The Morgan fingerprint density at radius 1 is 0.806 bits per heavy atom. The molecule has 0 aromatic heterocycles. The average Bonchev–Trinajstić information content (AvgIpc) is 3.00. The molecule has 1 aromatic rings. The van der Waals surface area contributed by atoms with Crippen LogP contribution in [0.5, 0.6) is 0 Å². The maximum Gasteiger partial charge on any atom is 0.253 e. The summed E-state index contributed by atoms with van der Waals surface area (Å²) in [5, 5.41) is 0. The molecule has 2 saturated heterocycles. The van der Waals surface area contributed by atoms with Crippen molar-refractivity contribution in [1.82, 2.24) is 19.0 Å². The third-order valence-electron chi connectivity index (χ3n) is 6.15. The number of benzene rings is 1. The van der Waals surface area contributed by atoms with E-state index in [0.717, 1.165) is 19.5 Å². The molecule has 2 fully saturated rings. The SMILES string of the molecule is CC(=O)N1CCN(S(=O)(=O)c2ccc(C(=O)N3CCCN(C(C)(C)C)CC3)cc2)CC1. The highest BCUT2D eigenvalue weighted by Gasteiger charge is 2.30. The number of carbonyl (C=O) groups is 2. The lowest BCUT2D eigenvalue weighted by molar-refractivity contribution is -0.129. The summed E-state index contributed by atoms with van der Waals surface area (Å²) in [5.74, 6) is -0.103. The lowest BCUT2D eigenvalue weighted by Gasteiger charge is -2.34. The molecule has 2 aliphatic heterocycles. The number of amides is 2. The molecule has 0 radical (unpaired) electrons. The quantitative estimate of drug-likeness (QED) is 0.697. The molecule has 2 heterocycles. The number of piperazine rings is 1. The van der Waals surface area contributed by atoms with Crippen LogP contribution in [-0.4, -0.2) is 97.1 Å². The molecule has 0 atom stereocenters. The first-order valence-corrected chi connectivity index (χ1v) is 12.3. The van der Waals surface area contributed by atoms with Crippen molar-refractivity contribution in [2.45, 2.75) is 44.6 Å². The minimum atomic E-state index is -3.64. The van der Waals surface area contributed by atoms with E-state index in [0.29, 0.717) is 31.7 Å². The standard InChI is InChI=1S/C22H34N4O4S/c1-18(27)23-13-16-26(17-14-23)31(29,30)20-8-6-19(7-9-20)21(28)24-10-5-11-25(15-12-24)22(2,3)4/h6-9H,5,10-17H2,1-4H3. The predicted octanol–water partition coefficient (Wildman–Crippen LogP) is 1.49. The Morgan fingerprint density at radius 2 is 1.39 bits per heavy atom. The van der Waals surface area contributed by atoms with Crippen molar-refractivity contribution < 1.29 is 18.0 Å². The molecule has 0 aliphatic carbocycles. The van der Waals surface area contributed by atoms with Crippen LogP contribution in [0.25, 0.3) is 0 Å². The Kier molecular flexibility index (Phi) is 7.08. The highest BCUT2D eigenvalue weighted by Crippen LogP contribution is 2.20. The summed E-state index contributed by atoms with van der Waals surface area (Å²) in [7, 11) is -3.64. The molecular formula is C22H34N4O4S. The van der Waals surface area contributed by atoms with Crippen LogP contribution in [0.15, 0.2) is 29.2 Å². The van der Waals surface area contributed by atoms with E-state index >= 15 is 0 Å². The summed E-state index contributed by atoms with van der Waals surface area (Å²) in [6.07, 6.45) is 0.918. The topological polar surface area (TPSA) is 81.2 Å². The fourth-order valence-corrected chi connectivity index (χ4v) is 5.56. The molecular weight excluding hydrogens is 416 g/mol. The molecule has 9 heteroatoms. The van der Waals surface area contributed by atoms with Crippen LogP contribution in [0, 0.1) is 0 Å². The first-order valence-electron chi connectivity index (χ1n) is 10.9. The van der Waals surface area contributed by atoms with Gasteiger partial charge in [0, 0.05) is 70.4 Å². The molecule has 0 bridgehead atoms. The fraction of sp³-hybridized carbons (Fsp3) is 0.636. The van der Waals surface area contributed by atoms with Gasteiger partial charge in [-0.1, -0.05) is 0 Å². The predicted molar refractivity (Wildman–Crippen MR) is 119 cm³/mol. The largest absolute Gasteiger partial charge is 0.340 e. The van der Waals surface area contributed by atoms with E-state index in [4.69, 9.17) is 0 Å². The Morgan fingerprint density at radius 3 is 1.94 bits per heavy atom. The molecule has 0 unspecified atom stereocenters. The van der Waals surface area contributed by atoms with Crippen molar-refractivity contribution in [3.8, 4) is 0 Å². The first-order chi connectivity index (χ1) is 14.5. The van der Waals surface area contributed by atoms with E-state index in [2.05, 4.69) is 25.7 Å². The van der Waals surface area contributed by atoms with Crippen LogP contribution in [0.4, 0.5) is 0 Å². The van der Waals surface area contributed by atoms with Crippen LogP contribution >= 0.6 is 0 Å². The van der Waals surface area contributed by atoms with E-state index in [1.54, 1.807) is 17.0 Å². The van der Waals surface area contributed by atoms with Crippen LogP contribution in [0.1, 0.15) is 44.5 Å². The van der Waals surface area contributed by atoms with Crippen molar-refractivity contribution in [3.05, 3.63) is 29.8 Å². The second-order valence-corrected chi connectivity index (χ2v) is 11.2. The lowest BCUT2D eigenvalue weighted by atomic mass is 10.1. The summed E-state index contributed by atoms with van der Waals surface area (Å²) in [6.45, 7) is 12.5. The highest BCUT2D eigenvalue weighted by molar-refractivity contribution is 7.89. The molecule has 3 rings (SSSR count). The molecule has 2 aliphatic rings. The Labute approximate surface area is 185 Å². The van der Waals surface area contributed by atoms with Gasteiger partial charge in [-0.2, -0.15) is 4.31 Å². The molecule has 0 N–H and O–H groups in total. The van der Waals surface area contributed by atoms with Crippen molar-refractivity contribution in [1.29, 1.82) is 0 Å². The summed E-state index contributed by atoms with van der Waals surface area (Å²) >= 11 is 0. The van der Waals surface area contributed by atoms with Gasteiger partial charge in [-0.3, -0.25) is 14.5 Å². The zero-order valence-electron chi connectivity index (χ0n) is 19.0. The van der Waals surface area contributed by atoms with E-state index in [1.807, 2.05) is 4.90 Å². The van der Waals surface area contributed by atoms with Gasteiger partial charge in [0.05, 0.1) is 4.90 Å². The van der Waals surface area contributed by atoms with Crippen LogP contribution < -0.4 is 0 Å². The first kappa shape index (κ1) is 23.7. The van der Waals surface area contributed by atoms with E-state index in [9.17, 15) is 18.0 Å². The average molecular weight is 451 g/mol. The van der Waals surface area contributed by atoms with Gasteiger partial charge in [0.15, 0.2) is 0 Å². The molecule has 1 aromatic carbocycles. The Balaban J connectivity index is 1.65. The molecule has 172 valence electrons. The van der Waals surface area contributed by atoms with Gasteiger partial charge in [0.1, 0.15) is 0 Å². The minimum absolute atomic E-state index is 0.0425. The number of sulfonamides is 1. The molecule has 8 nitrogen and oxygen atoms in total. The van der Waals surface area contributed by atoms with Gasteiger partial charge in [-0.05, 0) is 51.5 Å². The van der Waals surface area contributed by atoms with Gasteiger partial charge < -0.3 is 9.80 Å². The van der Waals surface area contributed by atoms with E-state index in [1.165, 1.54) is 23.4 Å². The molecule has 31 heavy (non-hydrogen) atoms. The van der Waals surface area contributed by atoms with Gasteiger partial charge in [-0.25, -0.2) is 8.42 Å². The number of rotatable bonds is 3. The molecule has 0 saturated carbocycles. The van der Waals surface area contributed by atoms with Gasteiger partial charge >= 0.3 is 0 Å². The van der Waals surface area contributed by atoms with E-state index < -0.39 is 10.0 Å². The van der Waals surface area contributed by atoms with Crippen LogP contribution in [0.2, 0.25) is 0 Å². The van der Waals surface area contributed by atoms with Crippen molar-refractivity contribution in [3.63, 3.8) is 0 Å². The smallest absolute Gasteiger partial charge is 0.253 e. The van der Waals surface area contributed by atoms with Gasteiger partial charge in [0.2, 0.25) is 15.9 Å². The van der Waals surface area contributed by atoms with Crippen LogP contribution in [-0.2, 0) is 14.8 Å². The van der Waals surface area contributed by atoms with Crippen molar-refractivity contribution >= 4 is 21.8 Å². The summed E-state index contributed by atoms with van der Waals surface area (Å²) in [5.41, 5.74) is 0.579. The lowest BCUT2D eigenvalue weighted by Crippen LogP contribution is -2.49. The third kappa shape index (κ3) is 5.45. The number of nitrogens with zero attached hydrogens (tertiary/aromatic N) is 4. The minimum Gasteiger partial charge on any atom is -0.340 e. The summed E-state index contributed by atoms with van der Waals surface area (Å²) in [4.78, 5) is 30.5. The van der Waals surface area contributed by atoms with Gasteiger partial charge in [-0.15, -0.1) is 0 Å². The molecule has 0 spiro atoms. The normalized spacial score (nSPS) is 19.9. The Hall–Kier alpha value is -1.97. The maximum atomic E-state index is 13.0. The Bertz CT molecular complexity index is 900. The fourth-order valence-electron chi connectivity index (χ4n) is 4.14. The third-order valence-corrected chi connectivity index (χ3v) is 8.07. The van der Waals surface area contributed by atoms with E-state index in [-0.39, 0.29) is 35.3 Å². The van der Waals surface area contributed by atoms with Crippen LogP contribution in [0.3, 0.4) is 0 Å². The maximum absolute atomic E-state index is 13.0. The zero-order valence-corrected chi connectivity index (χ0v) is 19.8. The second-order valence-electron chi connectivity index (χ2n) is 9.24.